The van der Waals surface area contributed by atoms with Crippen molar-refractivity contribution in [3.8, 4) is 0 Å². The lowest BCUT2D eigenvalue weighted by Gasteiger charge is -1.95. The number of aryl methyl sites for hydroxylation is 1. The Morgan fingerprint density at radius 3 is 3.12 bits per heavy atom. The smallest absolute Gasteiger partial charge is 0.0929 e. The molecule has 3 heteroatoms. The molecule has 16 heavy (non-hydrogen) atoms. The number of nitrogens with one attached hydrogen (secondary N) is 2. The standard InChI is InChI=1S/C13H17N3/c1-10-12-7-6-11(5-3-4-8-14-2)9-13(12)16-15-10/h3,5-7,9,14H,4,8H2,1-2H3,(H,15,16). The summed E-state index contributed by atoms with van der Waals surface area (Å²) in [7, 11) is 1.96. The molecule has 0 aliphatic heterocycles. The third kappa shape index (κ3) is 2.31. The maximum absolute atomic E-state index is 4.25. The van der Waals surface area contributed by atoms with Gasteiger partial charge in [0.25, 0.3) is 0 Å². The number of aromatic nitrogens is 2. The van der Waals surface area contributed by atoms with Crippen LogP contribution in [-0.4, -0.2) is 23.8 Å². The molecule has 0 aliphatic rings. The average Bonchev–Trinajstić information content (AvgIpc) is 2.66. The summed E-state index contributed by atoms with van der Waals surface area (Å²) in [6, 6.07) is 6.35. The largest absolute Gasteiger partial charge is 0.319 e. The fourth-order valence-electron chi connectivity index (χ4n) is 1.71. The minimum absolute atomic E-state index is 1.01. The topological polar surface area (TPSA) is 40.7 Å². The molecule has 0 aliphatic carbocycles. The molecule has 0 fully saturated rings. The molecule has 1 heterocycles. The molecular weight excluding hydrogens is 198 g/mol. The Balaban J connectivity index is 2.16. The van der Waals surface area contributed by atoms with Crippen LogP contribution in [0.2, 0.25) is 0 Å². The molecule has 1 aromatic heterocycles. The monoisotopic (exact) mass is 215 g/mol. The summed E-state index contributed by atoms with van der Waals surface area (Å²) in [5.74, 6) is 0. The number of hydrogen-bond acceptors (Lipinski definition) is 2. The van der Waals surface area contributed by atoms with E-state index in [4.69, 9.17) is 0 Å². The molecule has 0 bridgehead atoms. The molecule has 84 valence electrons. The Morgan fingerprint density at radius 1 is 1.44 bits per heavy atom. The zero-order valence-corrected chi connectivity index (χ0v) is 9.75. The van der Waals surface area contributed by atoms with Gasteiger partial charge >= 0.3 is 0 Å². The summed E-state index contributed by atoms with van der Waals surface area (Å²) in [6.45, 7) is 3.05. The van der Waals surface area contributed by atoms with E-state index in [2.05, 4.69) is 45.9 Å². The summed E-state index contributed by atoms with van der Waals surface area (Å²) in [4.78, 5) is 0. The third-order valence-electron chi connectivity index (χ3n) is 2.64. The molecule has 1 aromatic carbocycles. The Morgan fingerprint density at radius 2 is 2.31 bits per heavy atom. The van der Waals surface area contributed by atoms with Gasteiger partial charge in [-0.3, -0.25) is 5.10 Å². The van der Waals surface area contributed by atoms with Gasteiger partial charge in [0.2, 0.25) is 0 Å². The predicted molar refractivity (Wildman–Crippen MR) is 68.4 cm³/mol. The van der Waals surface area contributed by atoms with Crippen molar-refractivity contribution in [1.29, 1.82) is 0 Å². The molecule has 0 unspecified atom stereocenters. The first-order valence-electron chi connectivity index (χ1n) is 5.57. The molecule has 0 radical (unpaired) electrons. The minimum Gasteiger partial charge on any atom is -0.319 e. The van der Waals surface area contributed by atoms with Crippen molar-refractivity contribution in [3.63, 3.8) is 0 Å². The molecule has 2 rings (SSSR count). The SMILES string of the molecule is CNCCC=Cc1ccc2c(C)[nH]nc2c1. The first kappa shape index (κ1) is 10.9. The van der Waals surface area contributed by atoms with E-state index < -0.39 is 0 Å². The lowest BCUT2D eigenvalue weighted by Crippen LogP contribution is -2.05. The first-order valence-corrected chi connectivity index (χ1v) is 5.57. The summed E-state index contributed by atoms with van der Waals surface area (Å²) >= 11 is 0. The number of aromatic amines is 1. The average molecular weight is 215 g/mol. The third-order valence-corrected chi connectivity index (χ3v) is 2.64. The van der Waals surface area contributed by atoms with Crippen LogP contribution in [0.1, 0.15) is 17.7 Å². The predicted octanol–water partition coefficient (Wildman–Crippen LogP) is 2.49. The second kappa shape index (κ2) is 4.94. The minimum atomic E-state index is 1.01. The van der Waals surface area contributed by atoms with E-state index >= 15 is 0 Å². The van der Waals surface area contributed by atoms with Crippen molar-refractivity contribution >= 4 is 17.0 Å². The van der Waals surface area contributed by atoms with Gasteiger partial charge in [0.15, 0.2) is 0 Å². The Bertz CT molecular complexity index is 497. The molecule has 3 nitrogen and oxygen atoms in total. The van der Waals surface area contributed by atoms with Crippen LogP contribution in [0.3, 0.4) is 0 Å². The first-order chi connectivity index (χ1) is 7.81. The molecular formula is C13H17N3. The van der Waals surface area contributed by atoms with Gasteiger partial charge in [-0.05, 0) is 38.6 Å². The van der Waals surface area contributed by atoms with Crippen molar-refractivity contribution in [2.75, 3.05) is 13.6 Å². The van der Waals surface area contributed by atoms with Crippen molar-refractivity contribution in [2.45, 2.75) is 13.3 Å². The number of rotatable bonds is 4. The van der Waals surface area contributed by atoms with Crippen LogP contribution in [-0.2, 0) is 0 Å². The van der Waals surface area contributed by atoms with Crippen molar-refractivity contribution < 1.29 is 0 Å². The van der Waals surface area contributed by atoms with E-state index in [1.807, 2.05) is 14.0 Å². The van der Waals surface area contributed by atoms with Crippen LogP contribution in [0.5, 0.6) is 0 Å². The van der Waals surface area contributed by atoms with Crippen LogP contribution in [0.15, 0.2) is 24.3 Å². The Hall–Kier alpha value is -1.61. The van der Waals surface area contributed by atoms with Gasteiger partial charge < -0.3 is 5.32 Å². The van der Waals surface area contributed by atoms with Crippen LogP contribution >= 0.6 is 0 Å². The molecule has 0 saturated heterocycles. The van der Waals surface area contributed by atoms with Gasteiger partial charge in [0.05, 0.1) is 5.52 Å². The molecule has 0 saturated carbocycles. The fourth-order valence-corrected chi connectivity index (χ4v) is 1.71. The van der Waals surface area contributed by atoms with E-state index in [0.717, 1.165) is 24.2 Å². The van der Waals surface area contributed by atoms with Crippen LogP contribution in [0, 0.1) is 6.92 Å². The van der Waals surface area contributed by atoms with Gasteiger partial charge in [-0.15, -0.1) is 0 Å². The molecule has 2 N–H and O–H groups in total. The van der Waals surface area contributed by atoms with Gasteiger partial charge in [-0.25, -0.2) is 0 Å². The highest BCUT2D eigenvalue weighted by molar-refractivity contribution is 5.83. The van der Waals surface area contributed by atoms with Crippen LogP contribution < -0.4 is 5.32 Å². The van der Waals surface area contributed by atoms with Crippen molar-refractivity contribution in [1.82, 2.24) is 15.5 Å². The lowest BCUT2D eigenvalue weighted by molar-refractivity contribution is 0.809. The fraction of sp³-hybridized carbons (Fsp3) is 0.308. The quantitative estimate of drug-likeness (QED) is 0.769. The lowest BCUT2D eigenvalue weighted by atomic mass is 10.1. The van der Waals surface area contributed by atoms with Gasteiger partial charge in [-0.1, -0.05) is 24.3 Å². The van der Waals surface area contributed by atoms with Crippen molar-refractivity contribution in [2.24, 2.45) is 0 Å². The van der Waals surface area contributed by atoms with E-state index in [9.17, 15) is 0 Å². The maximum Gasteiger partial charge on any atom is 0.0929 e. The number of hydrogen-bond donors (Lipinski definition) is 2. The highest BCUT2D eigenvalue weighted by atomic mass is 15.1. The molecule has 2 aromatic rings. The van der Waals surface area contributed by atoms with Crippen molar-refractivity contribution in [3.05, 3.63) is 35.5 Å². The summed E-state index contributed by atoms with van der Waals surface area (Å²) < 4.78 is 0. The number of nitrogens with zero attached hydrogens (tertiary/aromatic N) is 1. The van der Waals surface area contributed by atoms with E-state index in [1.54, 1.807) is 0 Å². The van der Waals surface area contributed by atoms with E-state index in [-0.39, 0.29) is 0 Å². The number of fused-ring (bicyclic) bond motifs is 1. The second-order valence-electron chi connectivity index (χ2n) is 3.92. The van der Waals surface area contributed by atoms with E-state index in [1.165, 1.54) is 10.9 Å². The van der Waals surface area contributed by atoms with Gasteiger partial charge in [0.1, 0.15) is 0 Å². The van der Waals surface area contributed by atoms with Crippen LogP contribution in [0.4, 0.5) is 0 Å². The summed E-state index contributed by atoms with van der Waals surface area (Å²) in [6.07, 6.45) is 5.37. The zero-order chi connectivity index (χ0) is 11.4. The number of benzene rings is 1. The second-order valence-corrected chi connectivity index (χ2v) is 3.92. The highest BCUT2D eigenvalue weighted by Crippen LogP contribution is 2.17. The molecule has 0 spiro atoms. The Kier molecular flexibility index (Phi) is 3.37. The van der Waals surface area contributed by atoms with E-state index in [0.29, 0.717) is 0 Å². The highest BCUT2D eigenvalue weighted by Gasteiger charge is 2.00. The normalized spacial score (nSPS) is 11.6. The molecule has 0 amide bonds. The zero-order valence-electron chi connectivity index (χ0n) is 9.75. The van der Waals surface area contributed by atoms with Gasteiger partial charge in [0, 0.05) is 11.1 Å². The molecule has 0 atom stereocenters. The number of H-pyrrole nitrogens is 1. The summed E-state index contributed by atoms with van der Waals surface area (Å²) in [5.41, 5.74) is 3.36. The van der Waals surface area contributed by atoms with Crippen LogP contribution in [0.25, 0.3) is 17.0 Å². The summed E-state index contributed by atoms with van der Waals surface area (Å²) in [5, 5.41) is 11.6. The van der Waals surface area contributed by atoms with Gasteiger partial charge in [-0.2, -0.15) is 5.10 Å². The maximum atomic E-state index is 4.25. The Labute approximate surface area is 95.6 Å².